The molecule has 3 heterocycles. The number of halogens is 1. The molecule has 124 valence electrons. The summed E-state index contributed by atoms with van der Waals surface area (Å²) in [7, 11) is 0. The molecular weight excluding hydrogens is 350 g/mol. The zero-order valence-electron chi connectivity index (χ0n) is 12.8. The van der Waals surface area contributed by atoms with E-state index in [1.807, 2.05) is 12.1 Å². The Balaban J connectivity index is 1.49. The molecule has 6 heteroatoms. The van der Waals surface area contributed by atoms with Crippen LogP contribution in [0.15, 0.2) is 21.2 Å². The Morgan fingerprint density at radius 3 is 2.86 bits per heavy atom. The molecule has 0 radical (unpaired) electrons. The number of hydrogen-bond acceptors (Lipinski definition) is 5. The summed E-state index contributed by atoms with van der Waals surface area (Å²) in [6.45, 7) is 4.18. The van der Waals surface area contributed by atoms with Crippen LogP contribution in [0.5, 0.6) is 0 Å². The van der Waals surface area contributed by atoms with Gasteiger partial charge in [0, 0.05) is 26.1 Å². The van der Waals surface area contributed by atoms with E-state index in [-0.39, 0.29) is 18.3 Å². The normalized spacial score (nSPS) is 25.6. The molecule has 1 atom stereocenters. The fourth-order valence-electron chi connectivity index (χ4n) is 3.47. The maximum absolute atomic E-state index is 8.90. The molecule has 1 aromatic heterocycles. The highest BCUT2D eigenvalue weighted by atomic mass is 79.9. The molecule has 2 aliphatic heterocycles. The number of piperidine rings is 1. The largest absolute Gasteiger partial charge is 0.453 e. The van der Waals surface area contributed by atoms with E-state index in [0.29, 0.717) is 6.61 Å². The molecule has 5 nitrogen and oxygen atoms in total. The van der Waals surface area contributed by atoms with Crippen LogP contribution >= 0.6 is 15.9 Å². The second-order valence-corrected chi connectivity index (χ2v) is 7.00. The first-order valence-electron chi connectivity index (χ1n) is 8.02. The number of aliphatic hydroxyl groups excluding tert-OH is 1. The predicted octanol–water partition coefficient (Wildman–Crippen LogP) is 2.56. The van der Waals surface area contributed by atoms with Gasteiger partial charge < -0.3 is 19.0 Å². The van der Waals surface area contributed by atoms with Crippen molar-refractivity contribution >= 4 is 15.9 Å². The molecule has 0 amide bonds. The monoisotopic (exact) mass is 373 g/mol. The third kappa shape index (κ3) is 4.11. The lowest BCUT2D eigenvalue weighted by Crippen LogP contribution is -2.50. The predicted molar refractivity (Wildman–Crippen MR) is 85.7 cm³/mol. The molecule has 3 rings (SSSR count). The highest BCUT2D eigenvalue weighted by molar-refractivity contribution is 9.10. The number of nitrogens with zero attached hydrogens (tertiary/aromatic N) is 1. The Hall–Kier alpha value is -0.400. The van der Waals surface area contributed by atoms with Gasteiger partial charge in [-0.1, -0.05) is 0 Å². The summed E-state index contributed by atoms with van der Waals surface area (Å²) in [5.41, 5.74) is -0.0291. The molecule has 1 unspecified atom stereocenters. The Labute approximate surface area is 139 Å². The lowest BCUT2D eigenvalue weighted by molar-refractivity contribution is -0.157. The first-order chi connectivity index (χ1) is 10.7. The third-order valence-electron chi connectivity index (χ3n) is 4.67. The first-order valence-corrected chi connectivity index (χ1v) is 8.81. The number of likely N-dealkylation sites (tertiary alicyclic amines) is 1. The molecule has 0 saturated carbocycles. The minimum absolute atomic E-state index is 0.0291. The Morgan fingerprint density at radius 2 is 2.18 bits per heavy atom. The number of aliphatic hydroxyl groups is 1. The average molecular weight is 374 g/mol. The topological polar surface area (TPSA) is 55.1 Å². The minimum atomic E-state index is -0.0291. The minimum Gasteiger partial charge on any atom is -0.453 e. The van der Waals surface area contributed by atoms with Crippen LogP contribution in [0.1, 0.15) is 31.4 Å². The summed E-state index contributed by atoms with van der Waals surface area (Å²) >= 11 is 3.34. The lowest BCUT2D eigenvalue weighted by Gasteiger charge is -2.46. The van der Waals surface area contributed by atoms with Crippen LogP contribution in [0, 0.1) is 0 Å². The number of rotatable bonds is 5. The number of ether oxygens (including phenoxy) is 2. The standard InChI is InChI=1S/C16H24BrNO4/c17-15-2-1-14(22-15)12-18-6-4-16(5-7-18)11-13(3-9-21-16)20-10-8-19/h1-2,13,19H,3-12H2. The molecule has 1 spiro atoms. The van der Waals surface area contributed by atoms with Crippen LogP contribution in [0.4, 0.5) is 0 Å². The molecule has 1 aromatic rings. The maximum Gasteiger partial charge on any atom is 0.169 e. The van der Waals surface area contributed by atoms with Crippen molar-refractivity contribution in [1.82, 2.24) is 4.90 Å². The van der Waals surface area contributed by atoms with Gasteiger partial charge in [-0.2, -0.15) is 0 Å². The lowest BCUT2D eigenvalue weighted by atomic mass is 9.83. The quantitative estimate of drug-likeness (QED) is 0.859. The summed E-state index contributed by atoms with van der Waals surface area (Å²) in [6, 6.07) is 3.96. The summed E-state index contributed by atoms with van der Waals surface area (Å²) < 4.78 is 18.2. The fourth-order valence-corrected chi connectivity index (χ4v) is 3.81. The summed E-state index contributed by atoms with van der Waals surface area (Å²) in [5, 5.41) is 8.90. The van der Waals surface area contributed by atoms with Crippen LogP contribution in [0.25, 0.3) is 0 Å². The van der Waals surface area contributed by atoms with Gasteiger partial charge in [-0.3, -0.25) is 4.90 Å². The van der Waals surface area contributed by atoms with E-state index in [9.17, 15) is 0 Å². The van der Waals surface area contributed by atoms with Gasteiger partial charge in [-0.25, -0.2) is 0 Å². The summed E-state index contributed by atoms with van der Waals surface area (Å²) in [5.74, 6) is 0.997. The van der Waals surface area contributed by atoms with Crippen molar-refractivity contribution in [2.24, 2.45) is 0 Å². The van der Waals surface area contributed by atoms with Crippen molar-refractivity contribution < 1.29 is 19.0 Å². The van der Waals surface area contributed by atoms with Crippen molar-refractivity contribution in [3.63, 3.8) is 0 Å². The highest BCUT2D eigenvalue weighted by Gasteiger charge is 2.40. The van der Waals surface area contributed by atoms with Crippen LogP contribution in [0.2, 0.25) is 0 Å². The Bertz CT molecular complexity index is 470. The van der Waals surface area contributed by atoms with Gasteiger partial charge in [0.15, 0.2) is 4.67 Å². The van der Waals surface area contributed by atoms with E-state index in [0.717, 1.165) is 62.4 Å². The van der Waals surface area contributed by atoms with E-state index in [4.69, 9.17) is 19.0 Å². The van der Waals surface area contributed by atoms with Crippen molar-refractivity contribution in [2.45, 2.75) is 43.9 Å². The Kier molecular flexibility index (Phi) is 5.57. The second kappa shape index (κ2) is 7.45. The van der Waals surface area contributed by atoms with Gasteiger partial charge in [0.1, 0.15) is 5.76 Å². The Morgan fingerprint density at radius 1 is 1.36 bits per heavy atom. The van der Waals surface area contributed by atoms with Gasteiger partial charge in [-0.05, 0) is 47.3 Å². The van der Waals surface area contributed by atoms with E-state index in [1.54, 1.807) is 0 Å². The first kappa shape index (κ1) is 16.5. The van der Waals surface area contributed by atoms with Crippen molar-refractivity contribution in [3.05, 3.63) is 22.6 Å². The molecule has 0 aliphatic carbocycles. The highest BCUT2D eigenvalue weighted by Crippen LogP contribution is 2.36. The van der Waals surface area contributed by atoms with Gasteiger partial charge >= 0.3 is 0 Å². The van der Waals surface area contributed by atoms with E-state index in [2.05, 4.69) is 20.8 Å². The zero-order valence-corrected chi connectivity index (χ0v) is 14.4. The molecule has 2 fully saturated rings. The molecule has 1 N–H and O–H groups in total. The molecule has 2 saturated heterocycles. The molecule has 0 aromatic carbocycles. The van der Waals surface area contributed by atoms with Gasteiger partial charge in [0.2, 0.25) is 0 Å². The van der Waals surface area contributed by atoms with E-state index < -0.39 is 0 Å². The van der Waals surface area contributed by atoms with Gasteiger partial charge in [-0.15, -0.1) is 0 Å². The average Bonchev–Trinajstić information content (AvgIpc) is 2.93. The second-order valence-electron chi connectivity index (χ2n) is 6.22. The van der Waals surface area contributed by atoms with Crippen LogP contribution < -0.4 is 0 Å². The summed E-state index contributed by atoms with van der Waals surface area (Å²) in [4.78, 5) is 2.41. The third-order valence-corrected chi connectivity index (χ3v) is 5.09. The number of furan rings is 1. The van der Waals surface area contributed by atoms with Crippen molar-refractivity contribution in [3.8, 4) is 0 Å². The smallest absolute Gasteiger partial charge is 0.169 e. The summed E-state index contributed by atoms with van der Waals surface area (Å²) in [6.07, 6.45) is 4.19. The number of hydrogen-bond donors (Lipinski definition) is 1. The van der Waals surface area contributed by atoms with E-state index in [1.165, 1.54) is 0 Å². The van der Waals surface area contributed by atoms with E-state index >= 15 is 0 Å². The van der Waals surface area contributed by atoms with Crippen molar-refractivity contribution in [2.75, 3.05) is 32.9 Å². The molecule has 22 heavy (non-hydrogen) atoms. The van der Waals surface area contributed by atoms with Crippen molar-refractivity contribution in [1.29, 1.82) is 0 Å². The van der Waals surface area contributed by atoms with Crippen LogP contribution in [-0.2, 0) is 16.0 Å². The van der Waals surface area contributed by atoms with Crippen LogP contribution in [-0.4, -0.2) is 54.6 Å². The maximum atomic E-state index is 8.90. The van der Waals surface area contributed by atoms with Gasteiger partial charge in [0.25, 0.3) is 0 Å². The molecular formula is C16H24BrNO4. The molecule has 2 aliphatic rings. The van der Waals surface area contributed by atoms with Gasteiger partial charge in [0.05, 0.1) is 31.5 Å². The molecule has 0 bridgehead atoms. The zero-order chi connectivity index (χ0) is 15.4. The fraction of sp³-hybridized carbons (Fsp3) is 0.750. The van der Waals surface area contributed by atoms with Crippen LogP contribution in [0.3, 0.4) is 0 Å². The SMILES string of the molecule is OCCOC1CCOC2(CCN(Cc3ccc(Br)o3)CC2)C1.